The Kier molecular flexibility index (Phi) is 5.30. The van der Waals surface area contributed by atoms with E-state index in [1.807, 2.05) is 38.1 Å². The molecule has 0 N–H and O–H groups in total. The van der Waals surface area contributed by atoms with E-state index in [9.17, 15) is 0 Å². The summed E-state index contributed by atoms with van der Waals surface area (Å²) in [6, 6.07) is 16.2. The zero-order valence-electron chi connectivity index (χ0n) is 13.1. The van der Waals surface area contributed by atoms with Crippen LogP contribution in [0.5, 0.6) is 0 Å². The van der Waals surface area contributed by atoms with Crippen molar-refractivity contribution in [3.05, 3.63) is 58.6 Å². The lowest BCUT2D eigenvalue weighted by Crippen LogP contribution is -2.26. The molecule has 2 aromatic carbocycles. The van der Waals surface area contributed by atoms with Crippen molar-refractivity contribution in [2.75, 3.05) is 12.8 Å². The molecule has 0 spiro atoms. The molecular formula is C18H19Cl2O2P. The van der Waals surface area contributed by atoms with Crippen LogP contribution in [-0.4, -0.2) is 24.7 Å². The van der Waals surface area contributed by atoms with Crippen LogP contribution in [0.25, 0.3) is 0 Å². The molecule has 2 aromatic rings. The van der Waals surface area contributed by atoms with Gasteiger partial charge in [0.15, 0.2) is 5.79 Å². The molecule has 23 heavy (non-hydrogen) atoms. The van der Waals surface area contributed by atoms with Crippen molar-refractivity contribution >= 4 is 41.7 Å². The van der Waals surface area contributed by atoms with E-state index in [4.69, 9.17) is 32.7 Å². The zero-order valence-corrected chi connectivity index (χ0v) is 15.5. The number of hydrogen-bond acceptors (Lipinski definition) is 2. The third-order valence-electron chi connectivity index (χ3n) is 3.73. The Balaban J connectivity index is 1.87. The summed E-state index contributed by atoms with van der Waals surface area (Å²) in [7, 11) is -0.550. The molecule has 0 saturated carbocycles. The largest absolute Gasteiger partial charge is 0.348 e. The molecule has 2 nitrogen and oxygen atoms in total. The number of hydrogen-bond donors (Lipinski definition) is 0. The van der Waals surface area contributed by atoms with E-state index in [1.54, 1.807) is 0 Å². The van der Waals surface area contributed by atoms with E-state index in [0.29, 0.717) is 6.61 Å². The molecule has 0 radical (unpaired) electrons. The fourth-order valence-electron chi connectivity index (χ4n) is 2.66. The lowest BCUT2D eigenvalue weighted by molar-refractivity contribution is -0.135. The topological polar surface area (TPSA) is 18.5 Å². The minimum Gasteiger partial charge on any atom is -0.348 e. The van der Waals surface area contributed by atoms with E-state index < -0.39 is 13.7 Å². The van der Waals surface area contributed by atoms with Crippen molar-refractivity contribution in [1.82, 2.24) is 0 Å². The molecule has 3 rings (SSSR count). The predicted octanol–water partition coefficient (Wildman–Crippen LogP) is 4.58. The molecule has 0 aliphatic carbocycles. The summed E-state index contributed by atoms with van der Waals surface area (Å²) in [6.07, 6.45) is 1.02. The van der Waals surface area contributed by atoms with Crippen LogP contribution >= 0.6 is 31.1 Å². The van der Waals surface area contributed by atoms with Gasteiger partial charge in [0, 0.05) is 16.2 Å². The molecule has 1 saturated heterocycles. The van der Waals surface area contributed by atoms with Crippen LogP contribution in [0.3, 0.4) is 0 Å². The Morgan fingerprint density at radius 1 is 0.957 bits per heavy atom. The second kappa shape index (κ2) is 7.09. The van der Waals surface area contributed by atoms with Gasteiger partial charge in [-0.1, -0.05) is 47.5 Å². The van der Waals surface area contributed by atoms with Crippen molar-refractivity contribution < 1.29 is 9.47 Å². The number of benzene rings is 2. The molecule has 1 aliphatic heterocycles. The molecule has 0 amide bonds. The first-order valence-corrected chi connectivity index (χ1v) is 9.82. The van der Waals surface area contributed by atoms with Gasteiger partial charge in [-0.25, -0.2) is 0 Å². The fourth-order valence-corrected chi connectivity index (χ4v) is 5.24. The van der Waals surface area contributed by atoms with Gasteiger partial charge < -0.3 is 9.47 Å². The highest BCUT2D eigenvalue weighted by molar-refractivity contribution is 7.73. The van der Waals surface area contributed by atoms with Crippen molar-refractivity contribution in [3.63, 3.8) is 0 Å². The van der Waals surface area contributed by atoms with Gasteiger partial charge in [-0.2, -0.15) is 0 Å². The molecular weight excluding hydrogens is 350 g/mol. The lowest BCUT2D eigenvalue weighted by atomic mass is 10.4. The fraction of sp³-hybridized carbons (Fsp3) is 0.333. The Morgan fingerprint density at radius 2 is 1.43 bits per heavy atom. The Morgan fingerprint density at radius 3 is 1.83 bits per heavy atom. The summed E-state index contributed by atoms with van der Waals surface area (Å²) in [5.74, 6) is -0.494. The van der Waals surface area contributed by atoms with E-state index >= 15 is 0 Å². The van der Waals surface area contributed by atoms with Gasteiger partial charge in [0.25, 0.3) is 0 Å². The third kappa shape index (κ3) is 4.47. The van der Waals surface area contributed by atoms with E-state index in [1.165, 1.54) is 10.6 Å². The Labute approximate surface area is 148 Å². The highest BCUT2D eigenvalue weighted by Crippen LogP contribution is 2.38. The summed E-state index contributed by atoms with van der Waals surface area (Å²) < 4.78 is 11.7. The van der Waals surface area contributed by atoms with Crippen LogP contribution in [-0.2, 0) is 9.47 Å². The summed E-state index contributed by atoms with van der Waals surface area (Å²) in [6.45, 7) is 4.55. The Hall–Kier alpha value is -0.630. The van der Waals surface area contributed by atoms with E-state index in [0.717, 1.165) is 16.2 Å². The van der Waals surface area contributed by atoms with Gasteiger partial charge in [-0.15, -0.1) is 0 Å². The molecule has 1 aliphatic rings. The number of ether oxygens (including phenoxy) is 2. The van der Waals surface area contributed by atoms with E-state index in [-0.39, 0.29) is 6.10 Å². The highest BCUT2D eigenvalue weighted by atomic mass is 35.5. The third-order valence-corrected chi connectivity index (χ3v) is 6.85. The van der Waals surface area contributed by atoms with Crippen molar-refractivity contribution in [1.29, 1.82) is 0 Å². The van der Waals surface area contributed by atoms with Gasteiger partial charge in [0.2, 0.25) is 0 Å². The lowest BCUT2D eigenvalue weighted by Gasteiger charge is -2.23. The quantitative estimate of drug-likeness (QED) is 0.735. The van der Waals surface area contributed by atoms with Crippen LogP contribution in [0.15, 0.2) is 48.5 Å². The summed E-state index contributed by atoms with van der Waals surface area (Å²) >= 11 is 12.1. The average molecular weight is 369 g/mol. The van der Waals surface area contributed by atoms with Crippen molar-refractivity contribution in [2.45, 2.75) is 25.7 Å². The second-order valence-electron chi connectivity index (χ2n) is 6.01. The van der Waals surface area contributed by atoms with Crippen molar-refractivity contribution in [3.8, 4) is 0 Å². The molecule has 0 bridgehead atoms. The van der Waals surface area contributed by atoms with Gasteiger partial charge >= 0.3 is 0 Å². The normalized spacial score (nSPS) is 20.1. The maximum Gasteiger partial charge on any atom is 0.163 e. The smallest absolute Gasteiger partial charge is 0.163 e. The minimum atomic E-state index is -0.550. The maximum absolute atomic E-state index is 6.04. The predicted molar refractivity (Wildman–Crippen MR) is 98.9 cm³/mol. The van der Waals surface area contributed by atoms with Crippen LogP contribution in [0.2, 0.25) is 10.0 Å². The molecule has 1 fully saturated rings. The number of halogens is 2. The van der Waals surface area contributed by atoms with Gasteiger partial charge in [-0.3, -0.25) is 0 Å². The van der Waals surface area contributed by atoms with Crippen LogP contribution in [0, 0.1) is 0 Å². The van der Waals surface area contributed by atoms with Gasteiger partial charge in [0.05, 0.1) is 12.7 Å². The van der Waals surface area contributed by atoms with E-state index in [2.05, 4.69) is 24.3 Å². The second-order valence-corrected chi connectivity index (χ2v) is 9.14. The molecule has 1 atom stereocenters. The van der Waals surface area contributed by atoms with Gasteiger partial charge in [-0.05, 0) is 56.6 Å². The Bertz CT molecular complexity index is 610. The van der Waals surface area contributed by atoms with Crippen LogP contribution in [0.1, 0.15) is 13.8 Å². The van der Waals surface area contributed by atoms with Crippen LogP contribution < -0.4 is 10.6 Å². The molecule has 0 aromatic heterocycles. The first kappa shape index (κ1) is 17.2. The molecule has 122 valence electrons. The monoisotopic (exact) mass is 368 g/mol. The SMILES string of the molecule is CC1(C)OCC(CP(c2ccc(Cl)cc2)c2ccc(Cl)cc2)O1. The van der Waals surface area contributed by atoms with Gasteiger partial charge in [0.1, 0.15) is 0 Å². The summed E-state index contributed by atoms with van der Waals surface area (Å²) in [5.41, 5.74) is 0. The summed E-state index contributed by atoms with van der Waals surface area (Å²) in [5, 5.41) is 4.06. The maximum atomic E-state index is 6.04. The summed E-state index contributed by atoms with van der Waals surface area (Å²) in [4.78, 5) is 0. The molecule has 1 unspecified atom stereocenters. The standard InChI is InChI=1S/C18H19Cl2O2P/c1-18(2)21-11-15(22-18)12-23(16-7-3-13(19)4-8-16)17-9-5-14(20)6-10-17/h3-10,15H,11-12H2,1-2H3. The first-order valence-electron chi connectivity index (χ1n) is 7.53. The average Bonchev–Trinajstić information content (AvgIpc) is 2.86. The molecule has 1 heterocycles. The van der Waals surface area contributed by atoms with Crippen molar-refractivity contribution in [2.24, 2.45) is 0 Å². The number of rotatable bonds is 4. The highest BCUT2D eigenvalue weighted by Gasteiger charge is 2.34. The van der Waals surface area contributed by atoms with Crippen LogP contribution in [0.4, 0.5) is 0 Å². The minimum absolute atomic E-state index is 0.0995. The molecule has 5 heteroatoms. The first-order chi connectivity index (χ1) is 10.9. The zero-order chi connectivity index (χ0) is 16.4.